The third kappa shape index (κ3) is 4.08. The van der Waals surface area contributed by atoms with E-state index in [1.165, 1.54) is 20.3 Å². The second-order valence-electron chi connectivity index (χ2n) is 4.45. The monoisotopic (exact) mass is 309 g/mol. The molecule has 1 heterocycles. The summed E-state index contributed by atoms with van der Waals surface area (Å²) >= 11 is 0. The maximum Gasteiger partial charge on any atom is 0.267 e. The molecule has 1 N–H and O–H groups in total. The van der Waals surface area contributed by atoms with E-state index in [9.17, 15) is 10.1 Å². The number of aromatic nitrogens is 1. The lowest BCUT2D eigenvalue weighted by Crippen LogP contribution is -2.14. The number of nitrogens with zero attached hydrogens (tertiary/aromatic N) is 2. The van der Waals surface area contributed by atoms with Crippen LogP contribution in [0.4, 0.5) is 5.82 Å². The molecule has 6 heteroatoms. The second kappa shape index (κ2) is 7.61. The fourth-order valence-corrected chi connectivity index (χ4v) is 1.88. The van der Waals surface area contributed by atoms with Gasteiger partial charge in [0.15, 0.2) is 0 Å². The van der Waals surface area contributed by atoms with Gasteiger partial charge < -0.3 is 14.8 Å². The predicted octanol–water partition coefficient (Wildman–Crippen LogP) is 2.64. The Bertz CT molecular complexity index is 764. The van der Waals surface area contributed by atoms with Crippen LogP contribution in [0.15, 0.2) is 48.2 Å². The number of hydrogen-bond acceptors (Lipinski definition) is 5. The Kier molecular flexibility index (Phi) is 5.31. The van der Waals surface area contributed by atoms with Crippen molar-refractivity contribution in [2.75, 3.05) is 19.5 Å². The number of hydrogen-bond donors (Lipinski definition) is 1. The van der Waals surface area contributed by atoms with Crippen LogP contribution in [-0.2, 0) is 4.79 Å². The minimum atomic E-state index is -0.545. The lowest BCUT2D eigenvalue weighted by Gasteiger charge is -2.08. The van der Waals surface area contributed by atoms with Crippen molar-refractivity contribution in [3.05, 3.63) is 53.7 Å². The Morgan fingerprint density at radius 3 is 2.70 bits per heavy atom. The van der Waals surface area contributed by atoms with Crippen LogP contribution >= 0.6 is 0 Å². The normalized spacial score (nSPS) is 10.6. The van der Waals surface area contributed by atoms with Gasteiger partial charge in [0.1, 0.15) is 29.0 Å². The lowest BCUT2D eigenvalue weighted by molar-refractivity contribution is -0.112. The Morgan fingerprint density at radius 2 is 2.09 bits per heavy atom. The highest BCUT2D eigenvalue weighted by atomic mass is 16.5. The number of nitrogens with one attached hydrogen (secondary N) is 1. The van der Waals surface area contributed by atoms with Crippen molar-refractivity contribution in [2.45, 2.75) is 0 Å². The van der Waals surface area contributed by atoms with Crippen molar-refractivity contribution >= 4 is 17.8 Å². The zero-order chi connectivity index (χ0) is 16.7. The van der Waals surface area contributed by atoms with E-state index in [0.717, 1.165) is 0 Å². The van der Waals surface area contributed by atoms with E-state index in [1.54, 1.807) is 42.6 Å². The van der Waals surface area contributed by atoms with Gasteiger partial charge in [0.2, 0.25) is 0 Å². The molecule has 0 atom stereocenters. The van der Waals surface area contributed by atoms with Gasteiger partial charge >= 0.3 is 0 Å². The topological polar surface area (TPSA) is 84.2 Å². The number of nitriles is 1. The van der Waals surface area contributed by atoms with Gasteiger partial charge in [-0.15, -0.1) is 0 Å². The molecular formula is C17H15N3O3. The Hall–Kier alpha value is -3.33. The zero-order valence-electron chi connectivity index (χ0n) is 12.7. The van der Waals surface area contributed by atoms with Gasteiger partial charge in [-0.2, -0.15) is 5.26 Å². The summed E-state index contributed by atoms with van der Waals surface area (Å²) in [6, 6.07) is 12.1. The van der Waals surface area contributed by atoms with E-state index in [2.05, 4.69) is 10.3 Å². The molecule has 0 aliphatic carbocycles. The number of ether oxygens (including phenoxy) is 2. The number of anilines is 1. The highest BCUT2D eigenvalue weighted by molar-refractivity contribution is 6.09. The van der Waals surface area contributed by atoms with Gasteiger partial charge in [0, 0.05) is 11.8 Å². The molecule has 0 spiro atoms. The molecule has 0 saturated heterocycles. The second-order valence-corrected chi connectivity index (χ2v) is 4.45. The Balaban J connectivity index is 2.31. The summed E-state index contributed by atoms with van der Waals surface area (Å²) in [4.78, 5) is 16.2. The van der Waals surface area contributed by atoms with Crippen LogP contribution in [0.3, 0.4) is 0 Å². The van der Waals surface area contributed by atoms with Crippen LogP contribution in [-0.4, -0.2) is 25.1 Å². The third-order valence-electron chi connectivity index (χ3n) is 3.01. The number of benzene rings is 1. The summed E-state index contributed by atoms with van der Waals surface area (Å²) in [6.45, 7) is 0. The largest absolute Gasteiger partial charge is 0.497 e. The molecule has 0 saturated carbocycles. The highest BCUT2D eigenvalue weighted by Gasteiger charge is 2.12. The van der Waals surface area contributed by atoms with E-state index in [4.69, 9.17) is 9.47 Å². The van der Waals surface area contributed by atoms with Crippen LogP contribution < -0.4 is 14.8 Å². The molecule has 0 aliphatic rings. The number of rotatable bonds is 5. The van der Waals surface area contributed by atoms with Gasteiger partial charge in [0.05, 0.1) is 14.2 Å². The van der Waals surface area contributed by atoms with Crippen molar-refractivity contribution < 1.29 is 14.3 Å². The number of amides is 1. The molecule has 1 amide bonds. The Morgan fingerprint density at radius 1 is 1.26 bits per heavy atom. The first kappa shape index (κ1) is 16.0. The first-order chi connectivity index (χ1) is 11.2. The molecule has 0 bridgehead atoms. The fraction of sp³-hybridized carbons (Fsp3) is 0.118. The lowest BCUT2D eigenvalue weighted by atomic mass is 10.1. The molecule has 0 fully saturated rings. The van der Waals surface area contributed by atoms with Crippen molar-refractivity contribution in [1.29, 1.82) is 5.26 Å². The number of carbonyl (C=O) groups excluding carboxylic acids is 1. The van der Waals surface area contributed by atoms with E-state index in [-0.39, 0.29) is 5.57 Å². The van der Waals surface area contributed by atoms with Gasteiger partial charge in [-0.1, -0.05) is 6.07 Å². The molecule has 116 valence electrons. The van der Waals surface area contributed by atoms with Crippen LogP contribution in [0.25, 0.3) is 6.08 Å². The minimum Gasteiger partial charge on any atom is -0.497 e. The van der Waals surface area contributed by atoms with Crippen LogP contribution in [0.1, 0.15) is 5.56 Å². The number of methoxy groups -OCH3 is 2. The number of carbonyl (C=O) groups is 1. The average molecular weight is 309 g/mol. The summed E-state index contributed by atoms with van der Waals surface area (Å²) in [5.74, 6) is 0.955. The summed E-state index contributed by atoms with van der Waals surface area (Å²) in [5, 5.41) is 11.8. The van der Waals surface area contributed by atoms with Crippen LogP contribution in [0.2, 0.25) is 0 Å². The summed E-state index contributed by atoms with van der Waals surface area (Å²) < 4.78 is 10.4. The maximum absolute atomic E-state index is 12.2. The molecular weight excluding hydrogens is 294 g/mol. The standard InChI is InChI=1S/C17H15N3O3/c1-22-14-6-7-15(23-2)12(10-14)9-13(11-18)17(21)20-16-5-3-4-8-19-16/h3-10H,1-2H3,(H,19,20,21). The molecule has 1 aromatic carbocycles. The molecule has 2 rings (SSSR count). The van der Waals surface area contributed by atoms with E-state index in [1.807, 2.05) is 6.07 Å². The van der Waals surface area contributed by atoms with E-state index >= 15 is 0 Å². The third-order valence-corrected chi connectivity index (χ3v) is 3.01. The molecule has 6 nitrogen and oxygen atoms in total. The number of pyridine rings is 1. The molecule has 0 unspecified atom stereocenters. The van der Waals surface area contributed by atoms with Gasteiger partial charge in [-0.25, -0.2) is 4.98 Å². The van der Waals surface area contributed by atoms with Crippen molar-refractivity contribution in [2.24, 2.45) is 0 Å². The van der Waals surface area contributed by atoms with Crippen LogP contribution in [0.5, 0.6) is 11.5 Å². The highest BCUT2D eigenvalue weighted by Crippen LogP contribution is 2.26. The predicted molar refractivity (Wildman–Crippen MR) is 86.0 cm³/mol. The maximum atomic E-state index is 12.2. The van der Waals surface area contributed by atoms with Crippen molar-refractivity contribution in [3.8, 4) is 17.6 Å². The SMILES string of the molecule is COc1ccc(OC)c(C=C(C#N)C(=O)Nc2ccccn2)c1. The minimum absolute atomic E-state index is 0.0674. The van der Waals surface area contributed by atoms with Crippen LogP contribution in [0, 0.1) is 11.3 Å². The molecule has 1 aromatic heterocycles. The summed E-state index contributed by atoms with van der Waals surface area (Å²) in [5.41, 5.74) is 0.502. The van der Waals surface area contributed by atoms with E-state index in [0.29, 0.717) is 22.9 Å². The molecule has 2 aromatic rings. The first-order valence-electron chi connectivity index (χ1n) is 6.74. The molecule has 0 aliphatic heterocycles. The van der Waals surface area contributed by atoms with Gasteiger partial charge in [0.25, 0.3) is 5.91 Å². The smallest absolute Gasteiger partial charge is 0.267 e. The van der Waals surface area contributed by atoms with E-state index < -0.39 is 5.91 Å². The fourth-order valence-electron chi connectivity index (χ4n) is 1.88. The first-order valence-corrected chi connectivity index (χ1v) is 6.74. The Labute approximate surface area is 134 Å². The molecule has 0 radical (unpaired) electrons. The van der Waals surface area contributed by atoms with Gasteiger partial charge in [-0.3, -0.25) is 4.79 Å². The molecule has 23 heavy (non-hydrogen) atoms. The van der Waals surface area contributed by atoms with Gasteiger partial charge in [-0.05, 0) is 36.4 Å². The zero-order valence-corrected chi connectivity index (χ0v) is 12.7. The van der Waals surface area contributed by atoms with Crippen molar-refractivity contribution in [1.82, 2.24) is 4.98 Å². The summed E-state index contributed by atoms with van der Waals surface area (Å²) in [6.07, 6.45) is 3.00. The summed E-state index contributed by atoms with van der Waals surface area (Å²) in [7, 11) is 3.05. The quantitative estimate of drug-likeness (QED) is 0.678. The average Bonchev–Trinajstić information content (AvgIpc) is 2.60. The van der Waals surface area contributed by atoms with Crippen molar-refractivity contribution in [3.63, 3.8) is 0 Å².